The molecule has 0 radical (unpaired) electrons. The van der Waals surface area contributed by atoms with E-state index in [9.17, 15) is 9.59 Å². The summed E-state index contributed by atoms with van der Waals surface area (Å²) in [5.74, 6) is 0.308. The van der Waals surface area contributed by atoms with E-state index < -0.39 is 0 Å². The van der Waals surface area contributed by atoms with E-state index in [1.54, 1.807) is 13.1 Å². The van der Waals surface area contributed by atoms with Crippen LogP contribution >= 0.6 is 11.8 Å². The molecule has 0 unspecified atom stereocenters. The normalized spacial score (nSPS) is 17.4. The molecule has 2 aromatic heterocycles. The summed E-state index contributed by atoms with van der Waals surface area (Å²) in [4.78, 5) is 37.1. The summed E-state index contributed by atoms with van der Waals surface area (Å²) in [7, 11) is 0. The minimum atomic E-state index is -0.194. The van der Waals surface area contributed by atoms with Gasteiger partial charge in [-0.15, -0.1) is 0 Å². The van der Waals surface area contributed by atoms with Crippen LogP contribution in [0.25, 0.3) is 0 Å². The van der Waals surface area contributed by atoms with Gasteiger partial charge >= 0.3 is 0 Å². The third-order valence-corrected chi connectivity index (χ3v) is 4.64. The van der Waals surface area contributed by atoms with Gasteiger partial charge in [0.15, 0.2) is 5.16 Å². The number of hydrogen-bond donors (Lipinski definition) is 1. The SMILES string of the molecule is Cc1cc(=O)[nH]c(SCC(=O)N2CCC[C@H]2c2ccccn2)n1. The number of aryl methyl sites for hydroxylation is 1. The van der Waals surface area contributed by atoms with Crippen LogP contribution in [-0.2, 0) is 4.79 Å². The molecule has 0 aliphatic carbocycles. The van der Waals surface area contributed by atoms with E-state index in [2.05, 4.69) is 15.0 Å². The highest BCUT2D eigenvalue weighted by Crippen LogP contribution is 2.31. The maximum Gasteiger partial charge on any atom is 0.251 e. The topological polar surface area (TPSA) is 79.0 Å². The van der Waals surface area contributed by atoms with Crippen LogP contribution in [0, 0.1) is 6.92 Å². The van der Waals surface area contributed by atoms with Gasteiger partial charge in [0.1, 0.15) is 0 Å². The lowest BCUT2D eigenvalue weighted by atomic mass is 10.1. The molecule has 23 heavy (non-hydrogen) atoms. The Hall–Kier alpha value is -2.15. The highest BCUT2D eigenvalue weighted by Gasteiger charge is 2.30. The van der Waals surface area contributed by atoms with Gasteiger partial charge in [-0.25, -0.2) is 4.98 Å². The lowest BCUT2D eigenvalue weighted by Crippen LogP contribution is -2.32. The quantitative estimate of drug-likeness (QED) is 0.684. The molecule has 1 aliphatic rings. The number of rotatable bonds is 4. The van der Waals surface area contributed by atoms with Gasteiger partial charge in [-0.2, -0.15) is 0 Å². The number of carbonyl (C=O) groups excluding carboxylic acids is 1. The Kier molecular flexibility index (Phi) is 4.76. The molecule has 3 heterocycles. The third kappa shape index (κ3) is 3.79. The summed E-state index contributed by atoms with van der Waals surface area (Å²) >= 11 is 1.26. The van der Waals surface area contributed by atoms with Gasteiger partial charge in [0.25, 0.3) is 5.56 Å². The monoisotopic (exact) mass is 330 g/mol. The Morgan fingerprint density at radius 2 is 2.35 bits per heavy atom. The second-order valence-electron chi connectivity index (χ2n) is 5.48. The highest BCUT2D eigenvalue weighted by molar-refractivity contribution is 7.99. The molecule has 1 atom stereocenters. The molecule has 120 valence electrons. The fourth-order valence-electron chi connectivity index (χ4n) is 2.78. The fourth-order valence-corrected chi connectivity index (χ4v) is 3.59. The number of pyridine rings is 1. The van der Waals surface area contributed by atoms with Crippen LogP contribution in [0.15, 0.2) is 40.4 Å². The van der Waals surface area contributed by atoms with Crippen molar-refractivity contribution >= 4 is 17.7 Å². The highest BCUT2D eigenvalue weighted by atomic mass is 32.2. The number of nitrogens with one attached hydrogen (secondary N) is 1. The maximum absolute atomic E-state index is 12.5. The van der Waals surface area contributed by atoms with E-state index in [4.69, 9.17) is 0 Å². The number of aromatic amines is 1. The molecule has 1 fully saturated rings. The molecule has 1 saturated heterocycles. The second kappa shape index (κ2) is 6.95. The number of thioether (sulfide) groups is 1. The molecule has 0 aromatic carbocycles. The molecule has 1 aliphatic heterocycles. The zero-order valence-corrected chi connectivity index (χ0v) is 13.7. The van der Waals surface area contributed by atoms with Crippen LogP contribution in [-0.4, -0.2) is 38.1 Å². The first-order chi connectivity index (χ1) is 11.1. The number of H-pyrrole nitrogens is 1. The Morgan fingerprint density at radius 3 is 3.09 bits per heavy atom. The first kappa shape index (κ1) is 15.7. The van der Waals surface area contributed by atoms with Crippen molar-refractivity contribution in [1.82, 2.24) is 19.9 Å². The zero-order chi connectivity index (χ0) is 16.2. The first-order valence-electron chi connectivity index (χ1n) is 7.54. The summed E-state index contributed by atoms with van der Waals surface area (Å²) in [6.45, 7) is 2.51. The van der Waals surface area contributed by atoms with Crippen LogP contribution < -0.4 is 5.56 Å². The van der Waals surface area contributed by atoms with Gasteiger partial charge < -0.3 is 9.88 Å². The number of carbonyl (C=O) groups is 1. The van der Waals surface area contributed by atoms with Crippen molar-refractivity contribution in [3.05, 3.63) is 52.2 Å². The van der Waals surface area contributed by atoms with E-state index in [0.29, 0.717) is 10.9 Å². The van der Waals surface area contributed by atoms with Crippen LogP contribution in [0.4, 0.5) is 0 Å². The molecule has 0 saturated carbocycles. The number of hydrogen-bond acceptors (Lipinski definition) is 5. The van der Waals surface area contributed by atoms with Crippen LogP contribution in [0.5, 0.6) is 0 Å². The summed E-state index contributed by atoms with van der Waals surface area (Å²) in [6.07, 6.45) is 3.68. The zero-order valence-electron chi connectivity index (χ0n) is 12.9. The number of amides is 1. The van der Waals surface area contributed by atoms with E-state index >= 15 is 0 Å². The molecule has 6 nitrogen and oxygen atoms in total. The third-order valence-electron chi connectivity index (χ3n) is 3.78. The van der Waals surface area contributed by atoms with Gasteiger partial charge in [0, 0.05) is 24.5 Å². The smallest absolute Gasteiger partial charge is 0.251 e. The Labute approximate surface area is 138 Å². The molecule has 2 aromatic rings. The van der Waals surface area contributed by atoms with Crippen LogP contribution in [0.1, 0.15) is 30.3 Å². The molecule has 3 rings (SSSR count). The average molecular weight is 330 g/mol. The number of likely N-dealkylation sites (tertiary alicyclic amines) is 1. The molecule has 7 heteroatoms. The standard InChI is InChI=1S/C16H18N4O2S/c1-11-9-14(21)19-16(18-11)23-10-15(22)20-8-4-6-13(20)12-5-2-3-7-17-12/h2-3,5,7,9,13H,4,6,8,10H2,1H3,(H,18,19,21)/t13-/m0/s1. The average Bonchev–Trinajstić information content (AvgIpc) is 3.02. The van der Waals surface area contributed by atoms with Crippen LogP contribution in [0.2, 0.25) is 0 Å². The minimum absolute atomic E-state index is 0.0484. The number of aromatic nitrogens is 3. The van der Waals surface area contributed by atoms with Gasteiger partial charge in [-0.1, -0.05) is 17.8 Å². The van der Waals surface area contributed by atoms with Gasteiger partial charge in [0.2, 0.25) is 5.91 Å². The maximum atomic E-state index is 12.5. The van der Waals surface area contributed by atoms with E-state index in [1.807, 2.05) is 23.1 Å². The largest absolute Gasteiger partial charge is 0.333 e. The van der Waals surface area contributed by atoms with Crippen molar-refractivity contribution in [1.29, 1.82) is 0 Å². The lowest BCUT2D eigenvalue weighted by molar-refractivity contribution is -0.129. The molecule has 1 N–H and O–H groups in total. The summed E-state index contributed by atoms with van der Waals surface area (Å²) in [5, 5.41) is 0.483. The molecule has 1 amide bonds. The van der Waals surface area contributed by atoms with E-state index in [1.165, 1.54) is 17.8 Å². The van der Waals surface area contributed by atoms with Crippen molar-refractivity contribution in [3.8, 4) is 0 Å². The van der Waals surface area contributed by atoms with E-state index in [-0.39, 0.29) is 23.3 Å². The summed E-state index contributed by atoms with van der Waals surface area (Å²) in [6, 6.07) is 7.26. The van der Waals surface area contributed by atoms with Crippen LogP contribution in [0.3, 0.4) is 0 Å². The Bertz CT molecular complexity index is 747. The van der Waals surface area contributed by atoms with Crippen molar-refractivity contribution in [2.75, 3.05) is 12.3 Å². The van der Waals surface area contributed by atoms with Crippen molar-refractivity contribution in [3.63, 3.8) is 0 Å². The summed E-state index contributed by atoms with van der Waals surface area (Å²) in [5.41, 5.74) is 1.39. The lowest BCUT2D eigenvalue weighted by Gasteiger charge is -2.24. The van der Waals surface area contributed by atoms with Crippen molar-refractivity contribution < 1.29 is 4.79 Å². The predicted octanol–water partition coefficient (Wildman–Crippen LogP) is 1.93. The van der Waals surface area contributed by atoms with Crippen molar-refractivity contribution in [2.45, 2.75) is 31.0 Å². The van der Waals surface area contributed by atoms with Gasteiger partial charge in [0.05, 0.1) is 17.5 Å². The fraction of sp³-hybridized carbons (Fsp3) is 0.375. The van der Waals surface area contributed by atoms with Gasteiger partial charge in [-0.3, -0.25) is 14.6 Å². The molecule has 0 spiro atoms. The molecular formula is C16H18N4O2S. The molecular weight excluding hydrogens is 312 g/mol. The second-order valence-corrected chi connectivity index (χ2v) is 6.44. The summed E-state index contributed by atoms with van der Waals surface area (Å²) < 4.78 is 0. The number of nitrogens with zero attached hydrogens (tertiary/aromatic N) is 3. The molecule has 0 bridgehead atoms. The predicted molar refractivity (Wildman–Crippen MR) is 88.2 cm³/mol. The van der Waals surface area contributed by atoms with Crippen molar-refractivity contribution in [2.24, 2.45) is 0 Å². The van der Waals surface area contributed by atoms with E-state index in [0.717, 1.165) is 25.1 Å². The Morgan fingerprint density at radius 1 is 1.48 bits per heavy atom. The Balaban J connectivity index is 1.66. The minimum Gasteiger partial charge on any atom is -0.333 e. The van der Waals surface area contributed by atoms with Gasteiger partial charge in [-0.05, 0) is 31.9 Å². The first-order valence-corrected chi connectivity index (χ1v) is 8.53.